The summed E-state index contributed by atoms with van der Waals surface area (Å²) in [6, 6.07) is 5.94. The van der Waals surface area contributed by atoms with E-state index in [1.54, 1.807) is 45.2 Å². The Kier molecular flexibility index (Phi) is 10.9. The fraction of sp³-hybridized carbons (Fsp3) is 0.500. The second-order valence-corrected chi connectivity index (χ2v) is 7.72. The SMILES string of the molecule is CC(=O)OCc1ccc(NC(=O)CNC(=O)C(NC(=O)CCN(C)C(C)=O)C(C)C)cc1. The maximum atomic E-state index is 12.5. The normalized spacial score (nSPS) is 11.3. The van der Waals surface area contributed by atoms with Gasteiger partial charge in [0.15, 0.2) is 0 Å². The van der Waals surface area contributed by atoms with Crippen LogP contribution in [0.3, 0.4) is 0 Å². The van der Waals surface area contributed by atoms with Crippen LogP contribution in [0.25, 0.3) is 0 Å². The molecular formula is C22H32N4O6. The summed E-state index contributed by atoms with van der Waals surface area (Å²) in [5.41, 5.74) is 1.30. The third-order valence-corrected chi connectivity index (χ3v) is 4.58. The molecule has 0 aliphatic heterocycles. The summed E-state index contributed by atoms with van der Waals surface area (Å²) in [5.74, 6) is -1.98. The summed E-state index contributed by atoms with van der Waals surface area (Å²) in [6.07, 6.45) is 0.0700. The maximum Gasteiger partial charge on any atom is 0.302 e. The molecule has 0 radical (unpaired) electrons. The van der Waals surface area contributed by atoms with Gasteiger partial charge in [0.05, 0.1) is 6.54 Å². The lowest BCUT2D eigenvalue weighted by molar-refractivity contribution is -0.142. The number of rotatable bonds is 11. The molecule has 0 heterocycles. The Morgan fingerprint density at radius 2 is 1.62 bits per heavy atom. The average molecular weight is 449 g/mol. The molecule has 3 N–H and O–H groups in total. The van der Waals surface area contributed by atoms with E-state index < -0.39 is 17.9 Å². The summed E-state index contributed by atoms with van der Waals surface area (Å²) in [4.78, 5) is 60.3. The van der Waals surface area contributed by atoms with E-state index in [2.05, 4.69) is 16.0 Å². The molecule has 1 atom stereocenters. The lowest BCUT2D eigenvalue weighted by atomic mass is 10.0. The van der Waals surface area contributed by atoms with Crippen molar-refractivity contribution in [1.29, 1.82) is 0 Å². The molecule has 10 heteroatoms. The molecule has 0 aliphatic carbocycles. The van der Waals surface area contributed by atoms with Gasteiger partial charge in [0.1, 0.15) is 12.6 Å². The van der Waals surface area contributed by atoms with Crippen LogP contribution in [0.5, 0.6) is 0 Å². The number of ether oxygens (including phenoxy) is 1. The van der Waals surface area contributed by atoms with Crippen molar-refractivity contribution in [3.8, 4) is 0 Å². The molecule has 1 unspecified atom stereocenters. The number of nitrogens with one attached hydrogen (secondary N) is 3. The fourth-order valence-corrected chi connectivity index (χ4v) is 2.56. The molecule has 10 nitrogen and oxygen atoms in total. The molecule has 0 aliphatic rings. The van der Waals surface area contributed by atoms with E-state index >= 15 is 0 Å². The van der Waals surface area contributed by atoms with Crippen molar-refractivity contribution in [2.75, 3.05) is 25.5 Å². The molecule has 1 rings (SSSR count). The largest absolute Gasteiger partial charge is 0.461 e. The Labute approximate surface area is 188 Å². The minimum absolute atomic E-state index is 0.0700. The van der Waals surface area contributed by atoms with Gasteiger partial charge in [-0.2, -0.15) is 0 Å². The second-order valence-electron chi connectivity index (χ2n) is 7.72. The van der Waals surface area contributed by atoms with Gasteiger partial charge in [-0.1, -0.05) is 26.0 Å². The Hall–Kier alpha value is -3.43. The lowest BCUT2D eigenvalue weighted by Gasteiger charge is -2.22. The summed E-state index contributed by atoms with van der Waals surface area (Å²) in [5, 5.41) is 7.84. The number of carbonyl (C=O) groups is 5. The van der Waals surface area contributed by atoms with Crippen molar-refractivity contribution in [1.82, 2.24) is 15.5 Å². The maximum absolute atomic E-state index is 12.5. The van der Waals surface area contributed by atoms with Gasteiger partial charge >= 0.3 is 5.97 Å². The molecule has 1 aromatic carbocycles. The Bertz CT molecular complexity index is 822. The zero-order chi connectivity index (χ0) is 24.3. The zero-order valence-electron chi connectivity index (χ0n) is 19.2. The first-order valence-corrected chi connectivity index (χ1v) is 10.3. The number of carbonyl (C=O) groups excluding carboxylic acids is 5. The van der Waals surface area contributed by atoms with Crippen LogP contribution >= 0.6 is 0 Å². The lowest BCUT2D eigenvalue weighted by Crippen LogP contribution is -2.51. The molecule has 176 valence electrons. The summed E-state index contributed by atoms with van der Waals surface area (Å²) in [6.45, 7) is 6.42. The van der Waals surface area contributed by atoms with E-state index in [0.29, 0.717) is 5.69 Å². The predicted molar refractivity (Wildman–Crippen MR) is 118 cm³/mol. The molecule has 0 aromatic heterocycles. The van der Waals surface area contributed by atoms with E-state index in [1.165, 1.54) is 18.7 Å². The van der Waals surface area contributed by atoms with E-state index in [1.807, 2.05) is 0 Å². The number of hydrogen-bond acceptors (Lipinski definition) is 6. The van der Waals surface area contributed by atoms with Crippen molar-refractivity contribution >= 4 is 35.3 Å². The van der Waals surface area contributed by atoms with E-state index in [-0.39, 0.29) is 49.8 Å². The number of nitrogens with zero attached hydrogens (tertiary/aromatic N) is 1. The first kappa shape index (κ1) is 26.6. The summed E-state index contributed by atoms with van der Waals surface area (Å²) in [7, 11) is 1.59. The molecule has 0 saturated carbocycles. The number of hydrogen-bond donors (Lipinski definition) is 3. The van der Waals surface area contributed by atoms with Crippen LogP contribution in [0.15, 0.2) is 24.3 Å². The van der Waals surface area contributed by atoms with Crippen LogP contribution in [0.1, 0.15) is 39.7 Å². The molecule has 0 saturated heterocycles. The number of esters is 1. The van der Waals surface area contributed by atoms with Crippen LogP contribution in [-0.4, -0.2) is 60.7 Å². The molecule has 0 bridgehead atoms. The van der Waals surface area contributed by atoms with Gasteiger partial charge in [0, 0.05) is 39.5 Å². The first-order chi connectivity index (χ1) is 15.0. The first-order valence-electron chi connectivity index (χ1n) is 10.3. The molecule has 0 spiro atoms. The zero-order valence-corrected chi connectivity index (χ0v) is 19.2. The minimum atomic E-state index is -0.807. The highest BCUT2D eigenvalue weighted by molar-refractivity contribution is 5.96. The van der Waals surface area contributed by atoms with Gasteiger partial charge in [-0.25, -0.2) is 0 Å². The van der Waals surface area contributed by atoms with Gasteiger partial charge in [-0.05, 0) is 23.6 Å². The summed E-state index contributed by atoms with van der Waals surface area (Å²) < 4.78 is 4.90. The van der Waals surface area contributed by atoms with Gasteiger partial charge in [0.25, 0.3) is 0 Å². The Balaban J connectivity index is 2.51. The molecule has 1 aromatic rings. The van der Waals surface area contributed by atoms with Crippen molar-refractivity contribution < 1.29 is 28.7 Å². The third kappa shape index (κ3) is 10.1. The highest BCUT2D eigenvalue weighted by Crippen LogP contribution is 2.10. The average Bonchev–Trinajstić information content (AvgIpc) is 2.73. The smallest absolute Gasteiger partial charge is 0.302 e. The van der Waals surface area contributed by atoms with E-state index in [4.69, 9.17) is 4.74 Å². The molecular weight excluding hydrogens is 416 g/mol. The minimum Gasteiger partial charge on any atom is -0.461 e. The summed E-state index contributed by atoms with van der Waals surface area (Å²) >= 11 is 0. The van der Waals surface area contributed by atoms with Crippen molar-refractivity contribution in [2.45, 2.75) is 46.8 Å². The quantitative estimate of drug-likeness (QED) is 0.429. The third-order valence-electron chi connectivity index (χ3n) is 4.58. The Morgan fingerprint density at radius 1 is 1.00 bits per heavy atom. The van der Waals surface area contributed by atoms with E-state index in [0.717, 1.165) is 5.56 Å². The van der Waals surface area contributed by atoms with Crippen LogP contribution < -0.4 is 16.0 Å². The molecule has 32 heavy (non-hydrogen) atoms. The van der Waals surface area contributed by atoms with Crippen molar-refractivity contribution in [3.05, 3.63) is 29.8 Å². The second kappa shape index (κ2) is 13.1. The topological polar surface area (TPSA) is 134 Å². The molecule has 0 fully saturated rings. The van der Waals surface area contributed by atoms with Crippen LogP contribution in [0, 0.1) is 5.92 Å². The van der Waals surface area contributed by atoms with Gasteiger partial charge in [-0.3, -0.25) is 24.0 Å². The van der Waals surface area contributed by atoms with Crippen LogP contribution in [-0.2, 0) is 35.3 Å². The number of anilines is 1. The molecule has 4 amide bonds. The van der Waals surface area contributed by atoms with E-state index in [9.17, 15) is 24.0 Å². The van der Waals surface area contributed by atoms with Gasteiger partial charge in [0.2, 0.25) is 23.6 Å². The van der Waals surface area contributed by atoms with Crippen molar-refractivity contribution in [3.63, 3.8) is 0 Å². The monoisotopic (exact) mass is 448 g/mol. The van der Waals surface area contributed by atoms with Crippen molar-refractivity contribution in [2.24, 2.45) is 5.92 Å². The standard InChI is InChI=1S/C22H32N4O6/c1-14(2)21(25-19(29)10-11-26(5)15(3)27)22(31)23-12-20(30)24-18-8-6-17(7-9-18)13-32-16(4)28/h6-9,14,21H,10-13H2,1-5H3,(H,23,31)(H,24,30)(H,25,29). The van der Waals surface area contributed by atoms with Crippen LogP contribution in [0.2, 0.25) is 0 Å². The number of amides is 4. The predicted octanol–water partition coefficient (Wildman–Crippen LogP) is 0.814. The van der Waals surface area contributed by atoms with Crippen LogP contribution in [0.4, 0.5) is 5.69 Å². The van der Waals surface area contributed by atoms with Gasteiger partial charge < -0.3 is 25.6 Å². The Morgan fingerprint density at radius 3 is 2.16 bits per heavy atom. The highest BCUT2D eigenvalue weighted by atomic mass is 16.5. The fourth-order valence-electron chi connectivity index (χ4n) is 2.56. The highest BCUT2D eigenvalue weighted by Gasteiger charge is 2.24. The van der Waals surface area contributed by atoms with Gasteiger partial charge in [-0.15, -0.1) is 0 Å². The number of benzene rings is 1.